The molecule has 3 heterocycles. The fraction of sp³-hybridized carbons (Fsp3) is 0.688. The van der Waals surface area contributed by atoms with E-state index in [0.29, 0.717) is 6.04 Å². The summed E-state index contributed by atoms with van der Waals surface area (Å²) >= 11 is 0. The molecule has 0 bridgehead atoms. The molecule has 0 radical (unpaired) electrons. The summed E-state index contributed by atoms with van der Waals surface area (Å²) in [5.74, 6) is 0.943. The normalized spacial score (nSPS) is 25.4. The number of aromatic amines is 1. The molecule has 21 heavy (non-hydrogen) atoms. The molecule has 0 spiro atoms. The molecule has 1 aromatic rings. The van der Waals surface area contributed by atoms with Crippen LogP contribution in [0, 0.1) is 0 Å². The zero-order valence-corrected chi connectivity index (χ0v) is 13.2. The van der Waals surface area contributed by atoms with Gasteiger partial charge in [0.15, 0.2) is 0 Å². The third-order valence-electron chi connectivity index (χ3n) is 4.71. The van der Waals surface area contributed by atoms with Crippen LogP contribution in [0.5, 0.6) is 0 Å². The van der Waals surface area contributed by atoms with E-state index in [1.807, 2.05) is 0 Å². The first-order chi connectivity index (χ1) is 9.97. The smallest absolute Gasteiger partial charge is 0.251 e. The van der Waals surface area contributed by atoms with Crippen LogP contribution in [0.1, 0.15) is 33.6 Å². The molecule has 116 valence electrons. The summed E-state index contributed by atoms with van der Waals surface area (Å²) in [7, 11) is 0. The fourth-order valence-corrected chi connectivity index (χ4v) is 3.49. The molecule has 2 aliphatic heterocycles. The van der Waals surface area contributed by atoms with Gasteiger partial charge in [-0.15, -0.1) is 0 Å². The second kappa shape index (κ2) is 5.37. The molecule has 1 atom stereocenters. The maximum atomic E-state index is 12.1. The van der Waals surface area contributed by atoms with Crippen LogP contribution in [-0.4, -0.2) is 42.9 Å². The van der Waals surface area contributed by atoms with E-state index in [9.17, 15) is 4.79 Å². The van der Waals surface area contributed by atoms with Crippen molar-refractivity contribution in [1.82, 2.24) is 4.98 Å². The Balaban J connectivity index is 1.95. The molecule has 0 unspecified atom stereocenters. The summed E-state index contributed by atoms with van der Waals surface area (Å²) in [5.41, 5.74) is 1.09. The van der Waals surface area contributed by atoms with E-state index in [0.717, 1.165) is 44.2 Å². The highest BCUT2D eigenvalue weighted by atomic mass is 16.5. The van der Waals surface area contributed by atoms with Gasteiger partial charge in [-0.3, -0.25) is 4.79 Å². The van der Waals surface area contributed by atoms with Gasteiger partial charge in [0.2, 0.25) is 0 Å². The number of rotatable bonds is 2. The van der Waals surface area contributed by atoms with Gasteiger partial charge in [-0.05, 0) is 33.6 Å². The first-order valence-electron chi connectivity index (χ1n) is 7.84. The zero-order chi connectivity index (χ0) is 15.0. The van der Waals surface area contributed by atoms with Crippen LogP contribution in [0.2, 0.25) is 0 Å². The molecule has 1 N–H and O–H groups in total. The lowest BCUT2D eigenvalue weighted by atomic mass is 10.0. The molecule has 5 nitrogen and oxygen atoms in total. The van der Waals surface area contributed by atoms with Crippen molar-refractivity contribution in [2.75, 3.05) is 36.1 Å². The van der Waals surface area contributed by atoms with E-state index in [1.54, 1.807) is 6.07 Å². The number of ether oxygens (including phenoxy) is 1. The van der Waals surface area contributed by atoms with Gasteiger partial charge in [-0.1, -0.05) is 0 Å². The van der Waals surface area contributed by atoms with Crippen LogP contribution in [0.25, 0.3) is 0 Å². The van der Waals surface area contributed by atoms with Crippen LogP contribution in [0.3, 0.4) is 0 Å². The van der Waals surface area contributed by atoms with E-state index in [4.69, 9.17) is 4.74 Å². The lowest BCUT2D eigenvalue weighted by Gasteiger charge is -2.37. The van der Waals surface area contributed by atoms with Gasteiger partial charge in [0.1, 0.15) is 5.82 Å². The molecule has 2 aliphatic rings. The number of hydrogen-bond donors (Lipinski definition) is 1. The minimum atomic E-state index is -0.0242. The summed E-state index contributed by atoms with van der Waals surface area (Å²) in [6, 6.07) is 4.13. The van der Waals surface area contributed by atoms with Crippen molar-refractivity contribution in [1.29, 1.82) is 0 Å². The summed E-state index contributed by atoms with van der Waals surface area (Å²) in [5, 5.41) is 0. The summed E-state index contributed by atoms with van der Waals surface area (Å²) < 4.78 is 5.49. The summed E-state index contributed by atoms with van der Waals surface area (Å²) in [4.78, 5) is 19.7. The van der Waals surface area contributed by atoms with Crippen molar-refractivity contribution in [3.63, 3.8) is 0 Å². The van der Waals surface area contributed by atoms with Crippen molar-refractivity contribution >= 4 is 11.5 Å². The third-order valence-corrected chi connectivity index (χ3v) is 4.71. The van der Waals surface area contributed by atoms with E-state index >= 15 is 0 Å². The third kappa shape index (κ3) is 2.79. The van der Waals surface area contributed by atoms with Gasteiger partial charge in [0.05, 0.1) is 13.2 Å². The number of nitrogens with one attached hydrogen (secondary N) is 1. The van der Waals surface area contributed by atoms with Crippen LogP contribution >= 0.6 is 0 Å². The number of aromatic nitrogens is 1. The molecule has 0 aliphatic carbocycles. The molecule has 0 amide bonds. The predicted octanol–water partition coefficient (Wildman–Crippen LogP) is 1.98. The van der Waals surface area contributed by atoms with Gasteiger partial charge in [-0.2, -0.15) is 0 Å². The maximum absolute atomic E-state index is 12.1. The lowest BCUT2D eigenvalue weighted by molar-refractivity contribution is 0.0989. The highest BCUT2D eigenvalue weighted by molar-refractivity contribution is 5.57. The first kappa shape index (κ1) is 14.4. The molecular weight excluding hydrogens is 266 g/mol. The Morgan fingerprint density at radius 1 is 1.33 bits per heavy atom. The standard InChI is InChI=1S/C16H25N3O2/c1-12-11-21-8-7-18(12)13-9-14(17-15(20)10-13)19-6-4-5-16(19,2)3/h9-10,12H,4-8,11H2,1-3H3,(H,17,20)/t12-/m1/s1. The molecule has 1 aromatic heterocycles. The molecule has 2 saturated heterocycles. The van der Waals surface area contributed by atoms with Crippen LogP contribution in [0.15, 0.2) is 16.9 Å². The molecule has 5 heteroatoms. The van der Waals surface area contributed by atoms with E-state index in [-0.39, 0.29) is 11.1 Å². The Bertz CT molecular complexity index is 567. The number of nitrogens with zero attached hydrogens (tertiary/aromatic N) is 2. The monoisotopic (exact) mass is 291 g/mol. The lowest BCUT2D eigenvalue weighted by Crippen LogP contribution is -2.44. The number of morpholine rings is 1. The molecule has 3 rings (SSSR count). The van der Waals surface area contributed by atoms with Crippen molar-refractivity contribution in [2.24, 2.45) is 0 Å². The SMILES string of the molecule is C[C@@H]1COCCN1c1cc(N2CCCC2(C)C)[nH]c(=O)c1. The van der Waals surface area contributed by atoms with Crippen molar-refractivity contribution in [3.05, 3.63) is 22.5 Å². The predicted molar refractivity (Wildman–Crippen MR) is 85.3 cm³/mol. The molecule has 2 fully saturated rings. The topological polar surface area (TPSA) is 48.6 Å². The number of hydrogen-bond acceptors (Lipinski definition) is 4. The number of pyridine rings is 1. The average molecular weight is 291 g/mol. The van der Waals surface area contributed by atoms with Crippen molar-refractivity contribution in [3.8, 4) is 0 Å². The van der Waals surface area contributed by atoms with Gasteiger partial charge < -0.3 is 19.5 Å². The highest BCUT2D eigenvalue weighted by Crippen LogP contribution is 2.33. The quantitative estimate of drug-likeness (QED) is 0.905. The summed E-state index contributed by atoms with van der Waals surface area (Å²) in [6.45, 7) is 9.90. The van der Waals surface area contributed by atoms with Gasteiger partial charge >= 0.3 is 0 Å². The average Bonchev–Trinajstić information content (AvgIpc) is 2.78. The van der Waals surface area contributed by atoms with Gasteiger partial charge in [-0.25, -0.2) is 0 Å². The van der Waals surface area contributed by atoms with Crippen molar-refractivity contribution < 1.29 is 4.74 Å². The number of anilines is 2. The van der Waals surface area contributed by atoms with Crippen LogP contribution in [0.4, 0.5) is 11.5 Å². The van der Waals surface area contributed by atoms with Gasteiger partial charge in [0, 0.05) is 42.5 Å². The Hall–Kier alpha value is -1.49. The first-order valence-corrected chi connectivity index (χ1v) is 7.84. The Morgan fingerprint density at radius 2 is 2.14 bits per heavy atom. The maximum Gasteiger partial charge on any atom is 0.251 e. The Labute approximate surface area is 125 Å². The Kier molecular flexibility index (Phi) is 3.69. The minimum absolute atomic E-state index is 0.0242. The minimum Gasteiger partial charge on any atom is -0.377 e. The van der Waals surface area contributed by atoms with E-state index < -0.39 is 0 Å². The van der Waals surface area contributed by atoms with E-state index in [1.165, 1.54) is 6.42 Å². The van der Waals surface area contributed by atoms with Crippen LogP contribution < -0.4 is 15.4 Å². The second-order valence-electron chi connectivity index (χ2n) is 6.77. The largest absolute Gasteiger partial charge is 0.377 e. The molecule has 0 aromatic carbocycles. The van der Waals surface area contributed by atoms with Gasteiger partial charge in [0.25, 0.3) is 5.56 Å². The zero-order valence-electron chi connectivity index (χ0n) is 13.2. The summed E-state index contributed by atoms with van der Waals surface area (Å²) in [6.07, 6.45) is 2.33. The number of H-pyrrole nitrogens is 1. The molecule has 0 saturated carbocycles. The van der Waals surface area contributed by atoms with Crippen LogP contribution in [-0.2, 0) is 4.74 Å². The van der Waals surface area contributed by atoms with E-state index in [2.05, 4.69) is 41.6 Å². The highest BCUT2D eigenvalue weighted by Gasteiger charge is 2.33. The van der Waals surface area contributed by atoms with Crippen molar-refractivity contribution in [2.45, 2.75) is 45.2 Å². The Morgan fingerprint density at radius 3 is 2.81 bits per heavy atom. The molecular formula is C16H25N3O2. The second-order valence-corrected chi connectivity index (χ2v) is 6.77. The fourth-order valence-electron chi connectivity index (χ4n) is 3.49.